The van der Waals surface area contributed by atoms with E-state index in [4.69, 9.17) is 0 Å². The van der Waals surface area contributed by atoms with E-state index in [1.54, 1.807) is 6.07 Å². The van der Waals surface area contributed by atoms with Crippen molar-refractivity contribution in [3.63, 3.8) is 0 Å². The van der Waals surface area contributed by atoms with Gasteiger partial charge in [0.15, 0.2) is 0 Å². The average molecular weight is 480 g/mol. The Labute approximate surface area is 177 Å². The number of halogens is 3. The van der Waals surface area contributed by atoms with Gasteiger partial charge in [-0.1, -0.05) is 18.2 Å². The molecule has 0 fully saturated rings. The van der Waals surface area contributed by atoms with Crippen molar-refractivity contribution >= 4 is 25.8 Å². The van der Waals surface area contributed by atoms with Crippen LogP contribution in [0.2, 0.25) is 0 Å². The summed E-state index contributed by atoms with van der Waals surface area (Å²) in [5.74, 6) is -0.610. The number of hydrogen-bond acceptors (Lipinski definition) is 7. The van der Waals surface area contributed by atoms with E-state index in [2.05, 4.69) is 10.1 Å². The molecule has 0 spiro atoms. The molecule has 8 nitrogen and oxygen atoms in total. The van der Waals surface area contributed by atoms with Crippen molar-refractivity contribution in [2.45, 2.75) is 20.9 Å². The first-order valence-electron chi connectivity index (χ1n) is 8.68. The molecule has 31 heavy (non-hydrogen) atoms. The average Bonchev–Trinajstić information content (AvgIpc) is 2.72. The third kappa shape index (κ3) is 6.26. The highest BCUT2D eigenvalue weighted by Gasteiger charge is 2.38. The quantitative estimate of drug-likeness (QED) is 0.413. The standard InChI is InChI=1S/C18H19F3N2O6S2/c1-29-17(24)12-22-9-10-23-31(27,28)16-11-14(7-8-15(16)18(19,20)21)30(25,26)13-5-3-2-4-6-13/h2-8,11,22-23H,9-10,12H2,1H3. The van der Waals surface area contributed by atoms with Crippen LogP contribution in [0.4, 0.5) is 13.2 Å². The van der Waals surface area contributed by atoms with E-state index in [1.807, 2.05) is 4.72 Å². The van der Waals surface area contributed by atoms with E-state index in [9.17, 15) is 34.8 Å². The van der Waals surface area contributed by atoms with Crippen LogP contribution in [0.25, 0.3) is 0 Å². The van der Waals surface area contributed by atoms with Gasteiger partial charge in [-0.25, -0.2) is 21.6 Å². The minimum absolute atomic E-state index is 0.0856. The van der Waals surface area contributed by atoms with Crippen LogP contribution in [0.15, 0.2) is 63.2 Å². The van der Waals surface area contributed by atoms with E-state index in [0.717, 1.165) is 7.11 Å². The summed E-state index contributed by atoms with van der Waals surface area (Å²) in [5.41, 5.74) is -1.51. The zero-order valence-electron chi connectivity index (χ0n) is 16.1. The molecule has 2 rings (SSSR count). The van der Waals surface area contributed by atoms with Gasteiger partial charge in [-0.05, 0) is 30.3 Å². The Morgan fingerprint density at radius 2 is 1.61 bits per heavy atom. The van der Waals surface area contributed by atoms with Gasteiger partial charge in [0.2, 0.25) is 19.9 Å². The predicted molar refractivity (Wildman–Crippen MR) is 103 cm³/mol. The number of nitrogens with one attached hydrogen (secondary N) is 2. The maximum atomic E-state index is 13.4. The summed E-state index contributed by atoms with van der Waals surface area (Å²) in [5, 5.41) is 2.54. The van der Waals surface area contributed by atoms with Crippen LogP contribution in [0.1, 0.15) is 5.56 Å². The van der Waals surface area contributed by atoms with Crippen LogP contribution >= 0.6 is 0 Å². The minimum atomic E-state index is -5.04. The summed E-state index contributed by atoms with van der Waals surface area (Å²) in [6.45, 7) is -0.666. The smallest absolute Gasteiger partial charge is 0.417 e. The Kier molecular flexibility index (Phi) is 7.81. The van der Waals surface area contributed by atoms with Crippen molar-refractivity contribution < 1.29 is 39.5 Å². The highest BCUT2D eigenvalue weighted by atomic mass is 32.2. The Bertz CT molecular complexity index is 1130. The van der Waals surface area contributed by atoms with Crippen LogP contribution in [-0.4, -0.2) is 49.5 Å². The van der Waals surface area contributed by atoms with Crippen molar-refractivity contribution in [1.29, 1.82) is 0 Å². The van der Waals surface area contributed by atoms with Crippen molar-refractivity contribution in [2.24, 2.45) is 0 Å². The van der Waals surface area contributed by atoms with Crippen molar-refractivity contribution in [1.82, 2.24) is 10.0 Å². The highest BCUT2D eigenvalue weighted by Crippen LogP contribution is 2.36. The van der Waals surface area contributed by atoms with Crippen molar-refractivity contribution in [3.05, 3.63) is 54.1 Å². The summed E-state index contributed by atoms with van der Waals surface area (Å²) >= 11 is 0. The molecule has 0 saturated carbocycles. The van der Waals surface area contributed by atoms with Gasteiger partial charge in [-0.2, -0.15) is 13.2 Å². The Hall–Kier alpha value is -2.48. The minimum Gasteiger partial charge on any atom is -0.468 e. The molecule has 0 unspecified atom stereocenters. The number of methoxy groups -OCH3 is 1. The molecule has 0 aliphatic rings. The van der Waals surface area contributed by atoms with E-state index < -0.39 is 47.4 Å². The van der Waals surface area contributed by atoms with E-state index in [1.165, 1.54) is 24.3 Å². The van der Waals surface area contributed by atoms with Gasteiger partial charge in [-0.15, -0.1) is 0 Å². The first-order valence-corrected chi connectivity index (χ1v) is 11.6. The lowest BCUT2D eigenvalue weighted by Gasteiger charge is -2.16. The second-order valence-electron chi connectivity index (χ2n) is 6.12. The van der Waals surface area contributed by atoms with E-state index in [-0.39, 0.29) is 24.5 Å². The lowest BCUT2D eigenvalue weighted by Crippen LogP contribution is -2.35. The number of hydrogen-bond donors (Lipinski definition) is 2. The predicted octanol–water partition coefficient (Wildman–Crippen LogP) is 1.58. The molecule has 0 radical (unpaired) electrons. The Morgan fingerprint density at radius 1 is 0.968 bits per heavy atom. The van der Waals surface area contributed by atoms with Gasteiger partial charge in [0.1, 0.15) is 0 Å². The molecule has 0 heterocycles. The van der Waals surface area contributed by atoms with Crippen molar-refractivity contribution in [3.8, 4) is 0 Å². The maximum Gasteiger partial charge on any atom is 0.417 e. The number of sulfonamides is 1. The molecule has 0 aliphatic heterocycles. The third-order valence-electron chi connectivity index (χ3n) is 4.00. The second kappa shape index (κ2) is 9.77. The molecular weight excluding hydrogens is 461 g/mol. The molecule has 0 amide bonds. The maximum absolute atomic E-state index is 13.4. The number of rotatable bonds is 9. The second-order valence-corrected chi connectivity index (χ2v) is 9.81. The normalized spacial score (nSPS) is 12.5. The molecule has 2 aromatic rings. The SMILES string of the molecule is COC(=O)CNCCNS(=O)(=O)c1cc(S(=O)(=O)c2ccccc2)ccc1C(F)(F)F. The van der Waals surface area contributed by atoms with Crippen LogP contribution in [0, 0.1) is 0 Å². The fourth-order valence-corrected chi connectivity index (χ4v) is 5.14. The number of carbonyl (C=O) groups excluding carboxylic acids is 1. The summed E-state index contributed by atoms with van der Waals surface area (Å²) in [7, 11) is -7.83. The zero-order valence-corrected chi connectivity index (χ0v) is 17.8. The van der Waals surface area contributed by atoms with E-state index >= 15 is 0 Å². The molecule has 2 N–H and O–H groups in total. The summed E-state index contributed by atoms with van der Waals surface area (Å²) < 4.78 is 97.0. The van der Waals surface area contributed by atoms with Crippen LogP contribution in [-0.2, 0) is 35.6 Å². The fourth-order valence-electron chi connectivity index (χ4n) is 2.48. The molecule has 0 aliphatic carbocycles. The molecule has 0 aromatic heterocycles. The summed E-state index contributed by atoms with van der Waals surface area (Å²) in [6, 6.07) is 8.50. The molecule has 13 heteroatoms. The van der Waals surface area contributed by atoms with Crippen LogP contribution in [0.3, 0.4) is 0 Å². The van der Waals surface area contributed by atoms with Gasteiger partial charge in [0.05, 0.1) is 33.9 Å². The largest absolute Gasteiger partial charge is 0.468 e. The molecular formula is C18H19F3N2O6S2. The Morgan fingerprint density at radius 3 is 2.19 bits per heavy atom. The molecule has 0 bridgehead atoms. The third-order valence-corrected chi connectivity index (χ3v) is 7.27. The number of benzene rings is 2. The lowest BCUT2D eigenvalue weighted by atomic mass is 10.2. The van der Waals surface area contributed by atoms with Gasteiger partial charge in [0.25, 0.3) is 0 Å². The Balaban J connectivity index is 2.37. The fraction of sp³-hybridized carbons (Fsp3) is 0.278. The molecule has 0 saturated heterocycles. The topological polar surface area (TPSA) is 119 Å². The van der Waals surface area contributed by atoms with E-state index in [0.29, 0.717) is 18.2 Å². The van der Waals surface area contributed by atoms with Crippen LogP contribution < -0.4 is 10.0 Å². The first-order chi connectivity index (χ1) is 14.4. The highest BCUT2D eigenvalue weighted by molar-refractivity contribution is 7.91. The molecule has 170 valence electrons. The van der Waals surface area contributed by atoms with Gasteiger partial charge in [-0.3, -0.25) is 4.79 Å². The number of carbonyl (C=O) groups is 1. The van der Waals surface area contributed by atoms with Gasteiger partial charge < -0.3 is 10.1 Å². The molecule has 2 aromatic carbocycles. The van der Waals surface area contributed by atoms with Gasteiger partial charge in [0, 0.05) is 13.1 Å². The summed E-state index contributed by atoms with van der Waals surface area (Å²) in [4.78, 5) is 8.98. The number of alkyl halides is 3. The lowest BCUT2D eigenvalue weighted by molar-refractivity contribution is -0.140. The van der Waals surface area contributed by atoms with Gasteiger partial charge >= 0.3 is 12.1 Å². The monoisotopic (exact) mass is 480 g/mol. The van der Waals surface area contributed by atoms with Crippen molar-refractivity contribution in [2.75, 3.05) is 26.7 Å². The first kappa shape index (κ1) is 24.8. The number of esters is 1. The summed E-state index contributed by atoms with van der Waals surface area (Å²) in [6.07, 6.45) is -5.04. The number of sulfone groups is 1. The number of ether oxygens (including phenoxy) is 1. The molecule has 0 atom stereocenters. The zero-order chi connectivity index (χ0) is 23.3. The van der Waals surface area contributed by atoms with Crippen LogP contribution in [0.5, 0.6) is 0 Å².